The summed E-state index contributed by atoms with van der Waals surface area (Å²) in [5.74, 6) is 0.987. The first-order valence-electron chi connectivity index (χ1n) is 8.02. The van der Waals surface area contributed by atoms with Crippen LogP contribution in [0.25, 0.3) is 11.4 Å². The molecule has 0 atom stereocenters. The molecule has 1 fully saturated rings. The molecule has 0 aliphatic carbocycles. The van der Waals surface area contributed by atoms with Crippen molar-refractivity contribution in [2.75, 3.05) is 13.1 Å². The van der Waals surface area contributed by atoms with E-state index in [-0.39, 0.29) is 11.7 Å². The number of sulfonamides is 1. The largest absolute Gasteiger partial charge is 0.339 e. The predicted octanol–water partition coefficient (Wildman–Crippen LogP) is 2.67. The zero-order chi connectivity index (χ0) is 17.3. The highest BCUT2D eigenvalue weighted by molar-refractivity contribution is 7.88. The van der Waals surface area contributed by atoms with Gasteiger partial charge in [0.05, 0.1) is 11.7 Å². The standard InChI is InChI=1S/C18H17N3O3S/c22-25(23,13-14-7-3-1-4-8-14)21-11-16(12-21)18-19-17(20-24-18)15-9-5-2-6-10-15/h1-10,16H,11-13H2. The van der Waals surface area contributed by atoms with E-state index < -0.39 is 10.0 Å². The van der Waals surface area contributed by atoms with E-state index in [9.17, 15) is 8.42 Å². The lowest BCUT2D eigenvalue weighted by molar-refractivity contribution is 0.216. The van der Waals surface area contributed by atoms with E-state index in [0.717, 1.165) is 11.1 Å². The van der Waals surface area contributed by atoms with Gasteiger partial charge in [0.1, 0.15) is 0 Å². The second-order valence-corrected chi connectivity index (χ2v) is 8.05. The van der Waals surface area contributed by atoms with Crippen molar-refractivity contribution in [1.82, 2.24) is 14.4 Å². The maximum Gasteiger partial charge on any atom is 0.232 e. The van der Waals surface area contributed by atoms with Crippen molar-refractivity contribution in [1.29, 1.82) is 0 Å². The third kappa shape index (κ3) is 3.33. The van der Waals surface area contributed by atoms with Crippen LogP contribution in [-0.4, -0.2) is 36.0 Å². The minimum absolute atomic E-state index is 0.0136. The number of hydrogen-bond acceptors (Lipinski definition) is 5. The molecule has 0 unspecified atom stereocenters. The minimum atomic E-state index is -3.32. The van der Waals surface area contributed by atoms with E-state index in [1.54, 1.807) is 0 Å². The van der Waals surface area contributed by atoms with Crippen molar-refractivity contribution < 1.29 is 12.9 Å². The lowest BCUT2D eigenvalue weighted by atomic mass is 10.0. The van der Waals surface area contributed by atoms with Gasteiger partial charge in [-0.15, -0.1) is 0 Å². The maximum absolute atomic E-state index is 12.4. The number of benzene rings is 2. The molecule has 1 aromatic heterocycles. The summed E-state index contributed by atoms with van der Waals surface area (Å²) in [5, 5.41) is 3.99. The first kappa shape index (κ1) is 16.0. The Morgan fingerprint density at radius 3 is 2.32 bits per heavy atom. The molecule has 3 aromatic rings. The first-order valence-corrected chi connectivity index (χ1v) is 9.63. The van der Waals surface area contributed by atoms with Gasteiger partial charge >= 0.3 is 0 Å². The molecular formula is C18H17N3O3S. The van der Waals surface area contributed by atoms with E-state index in [2.05, 4.69) is 10.1 Å². The minimum Gasteiger partial charge on any atom is -0.339 e. The highest BCUT2D eigenvalue weighted by Gasteiger charge is 2.39. The number of rotatable bonds is 5. The molecule has 0 saturated carbocycles. The van der Waals surface area contributed by atoms with Gasteiger partial charge in [-0.1, -0.05) is 65.8 Å². The summed E-state index contributed by atoms with van der Waals surface area (Å²) >= 11 is 0. The van der Waals surface area contributed by atoms with Crippen LogP contribution in [0.5, 0.6) is 0 Å². The zero-order valence-electron chi connectivity index (χ0n) is 13.4. The summed E-state index contributed by atoms with van der Waals surface area (Å²) in [7, 11) is -3.32. The third-order valence-electron chi connectivity index (χ3n) is 4.26. The van der Waals surface area contributed by atoms with Gasteiger partial charge in [-0.3, -0.25) is 0 Å². The molecule has 1 aliphatic heterocycles. The van der Waals surface area contributed by atoms with Crippen LogP contribution in [0.15, 0.2) is 65.2 Å². The van der Waals surface area contributed by atoms with Crippen LogP contribution in [0, 0.1) is 0 Å². The fourth-order valence-electron chi connectivity index (χ4n) is 2.80. The predicted molar refractivity (Wildman–Crippen MR) is 93.1 cm³/mol. The molecule has 0 bridgehead atoms. The van der Waals surface area contributed by atoms with Gasteiger partial charge in [-0.25, -0.2) is 8.42 Å². The van der Waals surface area contributed by atoms with E-state index in [4.69, 9.17) is 4.52 Å². The summed E-state index contributed by atoms with van der Waals surface area (Å²) in [4.78, 5) is 4.40. The van der Waals surface area contributed by atoms with Gasteiger partial charge in [0.15, 0.2) is 0 Å². The average molecular weight is 355 g/mol. The molecule has 128 valence electrons. The Kier molecular flexibility index (Phi) is 4.10. The van der Waals surface area contributed by atoms with Crippen LogP contribution in [0.4, 0.5) is 0 Å². The molecule has 2 heterocycles. The molecule has 0 N–H and O–H groups in total. The summed E-state index contributed by atoms with van der Waals surface area (Å²) in [6.45, 7) is 0.761. The SMILES string of the molecule is O=S(=O)(Cc1ccccc1)N1CC(c2nc(-c3ccccc3)no2)C1. The van der Waals surface area contributed by atoms with Gasteiger partial charge < -0.3 is 4.52 Å². The van der Waals surface area contributed by atoms with Gasteiger partial charge in [-0.2, -0.15) is 9.29 Å². The molecule has 1 saturated heterocycles. The molecule has 1 aliphatic rings. The quantitative estimate of drug-likeness (QED) is 0.703. The second-order valence-electron chi connectivity index (χ2n) is 6.08. The molecular weight excluding hydrogens is 338 g/mol. The summed E-state index contributed by atoms with van der Waals surface area (Å²) < 4.78 is 31.7. The third-order valence-corrected chi connectivity index (χ3v) is 6.04. The highest BCUT2D eigenvalue weighted by atomic mass is 32.2. The van der Waals surface area contributed by atoms with Gasteiger partial charge in [-0.05, 0) is 5.56 Å². The van der Waals surface area contributed by atoms with E-state index in [1.165, 1.54) is 4.31 Å². The van der Waals surface area contributed by atoms with Crippen LogP contribution in [0.3, 0.4) is 0 Å². The molecule has 0 spiro atoms. The summed E-state index contributed by atoms with van der Waals surface area (Å²) in [5.41, 5.74) is 1.67. The van der Waals surface area contributed by atoms with Crippen LogP contribution in [-0.2, 0) is 15.8 Å². The molecule has 4 rings (SSSR count). The number of aromatic nitrogens is 2. The fourth-order valence-corrected chi connectivity index (χ4v) is 4.41. The van der Waals surface area contributed by atoms with Gasteiger partial charge in [0.2, 0.25) is 21.7 Å². The molecule has 6 nitrogen and oxygen atoms in total. The van der Waals surface area contributed by atoms with Crippen molar-refractivity contribution in [2.45, 2.75) is 11.7 Å². The Bertz CT molecular complexity index is 950. The summed E-state index contributed by atoms with van der Waals surface area (Å²) in [6.07, 6.45) is 0. The lowest BCUT2D eigenvalue weighted by Gasteiger charge is -2.35. The van der Waals surface area contributed by atoms with Gasteiger partial charge in [0.25, 0.3) is 0 Å². The smallest absolute Gasteiger partial charge is 0.232 e. The van der Waals surface area contributed by atoms with Crippen molar-refractivity contribution in [2.24, 2.45) is 0 Å². The average Bonchev–Trinajstić information content (AvgIpc) is 3.04. The zero-order valence-corrected chi connectivity index (χ0v) is 14.3. The second kappa shape index (κ2) is 6.42. The lowest BCUT2D eigenvalue weighted by Crippen LogP contribution is -2.48. The molecule has 7 heteroatoms. The maximum atomic E-state index is 12.4. The molecule has 0 amide bonds. The van der Waals surface area contributed by atoms with Crippen molar-refractivity contribution in [3.63, 3.8) is 0 Å². The number of nitrogens with zero attached hydrogens (tertiary/aromatic N) is 3. The molecule has 25 heavy (non-hydrogen) atoms. The Balaban J connectivity index is 1.41. The Morgan fingerprint density at radius 2 is 1.64 bits per heavy atom. The van der Waals surface area contributed by atoms with E-state index in [1.807, 2.05) is 60.7 Å². The fraction of sp³-hybridized carbons (Fsp3) is 0.222. The Hall–Kier alpha value is -2.51. The topological polar surface area (TPSA) is 76.3 Å². The molecule has 2 aromatic carbocycles. The molecule has 0 radical (unpaired) electrons. The van der Waals surface area contributed by atoms with Crippen LogP contribution in [0.1, 0.15) is 17.4 Å². The van der Waals surface area contributed by atoms with E-state index >= 15 is 0 Å². The van der Waals surface area contributed by atoms with E-state index in [0.29, 0.717) is 24.8 Å². The van der Waals surface area contributed by atoms with Crippen molar-refractivity contribution >= 4 is 10.0 Å². The van der Waals surface area contributed by atoms with Crippen LogP contribution < -0.4 is 0 Å². The van der Waals surface area contributed by atoms with Crippen molar-refractivity contribution in [3.05, 3.63) is 72.1 Å². The number of hydrogen-bond donors (Lipinski definition) is 0. The van der Waals surface area contributed by atoms with Crippen molar-refractivity contribution in [3.8, 4) is 11.4 Å². The monoisotopic (exact) mass is 355 g/mol. The Morgan fingerprint density at radius 1 is 1.00 bits per heavy atom. The van der Waals surface area contributed by atoms with Gasteiger partial charge in [0, 0.05) is 18.7 Å². The van der Waals surface area contributed by atoms with Crippen LogP contribution >= 0.6 is 0 Å². The normalized spacial score (nSPS) is 15.8. The first-order chi connectivity index (χ1) is 12.1. The highest BCUT2D eigenvalue weighted by Crippen LogP contribution is 2.30. The summed E-state index contributed by atoms with van der Waals surface area (Å²) in [6, 6.07) is 18.7. The Labute approximate surface area is 146 Å². The van der Waals surface area contributed by atoms with Crippen LogP contribution in [0.2, 0.25) is 0 Å².